The summed E-state index contributed by atoms with van der Waals surface area (Å²) in [6, 6.07) is 8.08. The molecular weight excluding hydrogens is 469 g/mol. The summed E-state index contributed by atoms with van der Waals surface area (Å²) >= 11 is 1.28. The number of aromatic nitrogens is 1. The number of anilines is 1. The maximum absolute atomic E-state index is 13.2. The highest BCUT2D eigenvalue weighted by molar-refractivity contribution is 7.91. The van der Waals surface area contributed by atoms with Crippen molar-refractivity contribution in [1.29, 1.82) is 0 Å². The van der Waals surface area contributed by atoms with Crippen molar-refractivity contribution < 1.29 is 27.1 Å². The fourth-order valence-electron chi connectivity index (χ4n) is 3.13. The summed E-state index contributed by atoms with van der Waals surface area (Å²) in [5, 5.41) is 0.429. The van der Waals surface area contributed by atoms with E-state index in [-0.39, 0.29) is 17.2 Å². The zero-order valence-corrected chi connectivity index (χ0v) is 20.5. The minimum Gasteiger partial charge on any atom is -0.495 e. The first-order valence-corrected chi connectivity index (χ1v) is 12.6. The lowest BCUT2D eigenvalue weighted by Crippen LogP contribution is -2.37. The molecule has 33 heavy (non-hydrogen) atoms. The maximum Gasteiger partial charge on any atom is 0.229 e. The van der Waals surface area contributed by atoms with E-state index in [1.54, 1.807) is 19.2 Å². The van der Waals surface area contributed by atoms with Crippen molar-refractivity contribution >= 4 is 42.4 Å². The van der Waals surface area contributed by atoms with Crippen LogP contribution in [0.25, 0.3) is 10.2 Å². The van der Waals surface area contributed by atoms with E-state index in [0.29, 0.717) is 35.2 Å². The molecule has 2 aromatic carbocycles. The minimum absolute atomic E-state index is 0.0222. The molecule has 0 spiro atoms. The molecule has 0 saturated carbocycles. The Morgan fingerprint density at radius 3 is 2.27 bits per heavy atom. The van der Waals surface area contributed by atoms with Crippen molar-refractivity contribution in [3.05, 3.63) is 42.2 Å². The number of sulfone groups is 1. The molecule has 3 rings (SSSR count). The van der Waals surface area contributed by atoms with Crippen LogP contribution in [0.4, 0.5) is 9.52 Å². The molecule has 178 valence electrons. The summed E-state index contributed by atoms with van der Waals surface area (Å²) < 4.78 is 50.0. The van der Waals surface area contributed by atoms with Crippen LogP contribution in [0.15, 0.2) is 41.3 Å². The van der Waals surface area contributed by atoms with Gasteiger partial charge in [-0.3, -0.25) is 9.69 Å². The second kappa shape index (κ2) is 10.4. The summed E-state index contributed by atoms with van der Waals surface area (Å²) in [6.45, 7) is 0.882. The second-order valence-corrected chi connectivity index (χ2v) is 10.6. The van der Waals surface area contributed by atoms with Gasteiger partial charge >= 0.3 is 0 Å². The lowest BCUT2D eigenvalue weighted by molar-refractivity contribution is -0.118. The van der Waals surface area contributed by atoms with Crippen LogP contribution in [0.3, 0.4) is 0 Å². The predicted octanol–water partition coefficient (Wildman–Crippen LogP) is 3.21. The van der Waals surface area contributed by atoms with Crippen molar-refractivity contribution in [1.82, 2.24) is 9.88 Å². The molecule has 0 aliphatic rings. The van der Waals surface area contributed by atoms with Crippen LogP contribution >= 0.6 is 11.3 Å². The summed E-state index contributed by atoms with van der Waals surface area (Å²) in [5.41, 5.74) is 0.568. The molecule has 11 heteroatoms. The van der Waals surface area contributed by atoms with Crippen molar-refractivity contribution in [3.63, 3.8) is 0 Å². The average Bonchev–Trinajstić information content (AvgIpc) is 3.22. The molecule has 8 nitrogen and oxygen atoms in total. The molecule has 0 atom stereocenters. The lowest BCUT2D eigenvalue weighted by atomic mass is 10.3. The topological polar surface area (TPSA) is 89.0 Å². The lowest BCUT2D eigenvalue weighted by Gasteiger charge is -2.22. The van der Waals surface area contributed by atoms with E-state index in [0.717, 1.165) is 16.8 Å². The largest absolute Gasteiger partial charge is 0.495 e. The predicted molar refractivity (Wildman–Crippen MR) is 127 cm³/mol. The van der Waals surface area contributed by atoms with Gasteiger partial charge in [-0.05, 0) is 50.5 Å². The number of ether oxygens (including phenoxy) is 2. The first-order chi connectivity index (χ1) is 15.7. The molecule has 0 fully saturated rings. The quantitative estimate of drug-likeness (QED) is 0.399. The second-order valence-electron chi connectivity index (χ2n) is 7.52. The molecule has 1 amide bonds. The fourth-order valence-corrected chi connectivity index (χ4v) is 5.48. The van der Waals surface area contributed by atoms with Crippen LogP contribution in [0.1, 0.15) is 6.42 Å². The Hall–Kier alpha value is -2.76. The highest BCUT2D eigenvalue weighted by Gasteiger charge is 2.25. The molecule has 0 aliphatic heterocycles. The summed E-state index contributed by atoms with van der Waals surface area (Å²) in [4.78, 5) is 21.2. The van der Waals surface area contributed by atoms with Gasteiger partial charge in [-0.1, -0.05) is 11.3 Å². The average molecular weight is 496 g/mol. The molecule has 0 bridgehead atoms. The molecule has 0 N–H and O–H groups in total. The van der Waals surface area contributed by atoms with E-state index in [4.69, 9.17) is 9.47 Å². The Balaban J connectivity index is 1.89. The fraction of sp³-hybridized carbons (Fsp3) is 0.364. The van der Waals surface area contributed by atoms with E-state index in [2.05, 4.69) is 4.98 Å². The number of benzene rings is 2. The van der Waals surface area contributed by atoms with E-state index < -0.39 is 21.4 Å². The van der Waals surface area contributed by atoms with Gasteiger partial charge in [0.1, 0.15) is 27.5 Å². The van der Waals surface area contributed by atoms with Gasteiger partial charge in [-0.25, -0.2) is 17.8 Å². The van der Waals surface area contributed by atoms with Crippen molar-refractivity contribution in [2.45, 2.75) is 11.3 Å². The van der Waals surface area contributed by atoms with Crippen LogP contribution in [-0.2, 0) is 14.6 Å². The van der Waals surface area contributed by atoms with E-state index in [9.17, 15) is 17.6 Å². The normalized spacial score (nSPS) is 11.7. The number of halogens is 1. The molecule has 0 radical (unpaired) electrons. The van der Waals surface area contributed by atoms with E-state index in [1.807, 2.05) is 19.0 Å². The number of methoxy groups -OCH3 is 2. The maximum atomic E-state index is 13.2. The molecule has 1 heterocycles. The first kappa shape index (κ1) is 24.9. The molecule has 0 aliphatic carbocycles. The number of fused-ring (bicyclic) bond motifs is 1. The third kappa shape index (κ3) is 5.79. The highest BCUT2D eigenvalue weighted by Crippen LogP contribution is 2.40. The van der Waals surface area contributed by atoms with E-state index in [1.165, 1.54) is 35.5 Å². The summed E-state index contributed by atoms with van der Waals surface area (Å²) in [6.07, 6.45) is -0.239. The monoisotopic (exact) mass is 495 g/mol. The smallest absolute Gasteiger partial charge is 0.229 e. The number of amides is 1. The molecule has 3 aromatic rings. The van der Waals surface area contributed by atoms with Gasteiger partial charge < -0.3 is 14.4 Å². The number of thiazole rings is 1. The molecular formula is C22H26FN3O5S2. The van der Waals surface area contributed by atoms with Gasteiger partial charge in [0.25, 0.3) is 0 Å². The van der Waals surface area contributed by atoms with Gasteiger partial charge in [0.15, 0.2) is 15.0 Å². The molecule has 0 unspecified atom stereocenters. The van der Waals surface area contributed by atoms with Gasteiger partial charge in [0.05, 0.1) is 24.9 Å². The number of carbonyl (C=O) groups is 1. The Labute approximate surface area is 196 Å². The van der Waals surface area contributed by atoms with Crippen LogP contribution in [0.2, 0.25) is 0 Å². The number of hydrogen-bond donors (Lipinski definition) is 0. The SMILES string of the molecule is COc1ccc(OC)c2sc(N(CCN(C)C)C(=O)CCS(=O)(=O)c3ccc(F)cc3)nc12. The standard InChI is InChI=1S/C22H26FN3O5S2/c1-25(2)12-13-26(19(27)11-14-33(28,29)16-7-5-15(23)6-8-16)22-24-20-17(30-3)9-10-18(31-4)21(20)32-22/h5-10H,11-14H2,1-4H3. The third-order valence-corrected chi connectivity index (χ3v) is 7.78. The van der Waals surface area contributed by atoms with Crippen molar-refractivity contribution in [2.24, 2.45) is 0 Å². The van der Waals surface area contributed by atoms with Crippen LogP contribution in [0, 0.1) is 5.82 Å². The van der Waals surface area contributed by atoms with Crippen LogP contribution in [0.5, 0.6) is 11.5 Å². The Bertz CT molecular complexity index is 1190. The summed E-state index contributed by atoms with van der Waals surface area (Å²) in [7, 11) is 3.10. The number of hydrogen-bond acceptors (Lipinski definition) is 8. The minimum atomic E-state index is -3.75. The first-order valence-electron chi connectivity index (χ1n) is 10.1. The van der Waals surface area contributed by atoms with Gasteiger partial charge in [0, 0.05) is 19.5 Å². The molecule has 1 aromatic heterocycles. The molecule has 0 saturated heterocycles. The number of nitrogens with zero attached hydrogens (tertiary/aromatic N) is 3. The Morgan fingerprint density at radius 1 is 1.03 bits per heavy atom. The Morgan fingerprint density at radius 2 is 1.67 bits per heavy atom. The number of likely N-dealkylation sites (N-methyl/N-ethyl adjacent to an activating group) is 1. The van der Waals surface area contributed by atoms with E-state index >= 15 is 0 Å². The van der Waals surface area contributed by atoms with Crippen molar-refractivity contribution in [2.75, 3.05) is 52.1 Å². The Kier molecular flexibility index (Phi) is 7.88. The third-order valence-electron chi connectivity index (χ3n) is 4.96. The van der Waals surface area contributed by atoms with Crippen LogP contribution < -0.4 is 14.4 Å². The summed E-state index contributed by atoms with van der Waals surface area (Å²) in [5.74, 6) is -0.144. The van der Waals surface area contributed by atoms with Gasteiger partial charge in [0.2, 0.25) is 5.91 Å². The zero-order chi connectivity index (χ0) is 24.2. The number of carbonyl (C=O) groups excluding carboxylic acids is 1. The van der Waals surface area contributed by atoms with Crippen LogP contribution in [-0.4, -0.2) is 71.4 Å². The number of rotatable bonds is 10. The van der Waals surface area contributed by atoms with Gasteiger partial charge in [-0.2, -0.15) is 0 Å². The zero-order valence-electron chi connectivity index (χ0n) is 18.9. The highest BCUT2D eigenvalue weighted by atomic mass is 32.2. The van der Waals surface area contributed by atoms with Gasteiger partial charge in [-0.15, -0.1) is 0 Å². The van der Waals surface area contributed by atoms with Crippen molar-refractivity contribution in [3.8, 4) is 11.5 Å².